The molecule has 0 bridgehead atoms. The van der Waals surface area contributed by atoms with Crippen LogP contribution >= 0.6 is 0 Å². The number of amides is 2. The Morgan fingerprint density at radius 2 is 1.38 bits per heavy atom. The molecule has 4 rings (SSSR count). The molecular formula is C25H24N2O2. The summed E-state index contributed by atoms with van der Waals surface area (Å²) in [5.41, 5.74) is 4.01. The second-order valence-corrected chi connectivity index (χ2v) is 7.33. The minimum absolute atomic E-state index is 0.0352. The maximum absolute atomic E-state index is 12.7. The summed E-state index contributed by atoms with van der Waals surface area (Å²) in [6.07, 6.45) is 3.30. The fourth-order valence-electron chi connectivity index (χ4n) is 3.66. The Balaban J connectivity index is 1.45. The van der Waals surface area contributed by atoms with Crippen molar-refractivity contribution < 1.29 is 9.59 Å². The van der Waals surface area contributed by atoms with Crippen molar-refractivity contribution in [2.75, 3.05) is 18.4 Å². The van der Waals surface area contributed by atoms with Gasteiger partial charge in [-0.15, -0.1) is 0 Å². The Morgan fingerprint density at radius 3 is 2.10 bits per heavy atom. The standard InChI is InChI=1S/C25H24N2O2/c28-24(21-14-12-20(13-15-21)19-8-3-1-4-9-19)26-23-11-7-10-22(18-23)25(29)27-16-5-2-6-17-27/h1,3-4,7-15,18H,2,5-6,16-17H2,(H,26,28). The van der Waals surface area contributed by atoms with Crippen molar-refractivity contribution in [3.8, 4) is 11.1 Å². The monoisotopic (exact) mass is 384 g/mol. The third-order valence-electron chi connectivity index (χ3n) is 5.26. The highest BCUT2D eigenvalue weighted by atomic mass is 16.2. The van der Waals surface area contributed by atoms with Gasteiger partial charge in [-0.2, -0.15) is 0 Å². The van der Waals surface area contributed by atoms with Gasteiger partial charge in [-0.1, -0.05) is 48.5 Å². The summed E-state index contributed by atoms with van der Waals surface area (Å²) in [7, 11) is 0. The topological polar surface area (TPSA) is 49.4 Å². The number of hydrogen-bond acceptors (Lipinski definition) is 2. The molecule has 0 saturated carbocycles. The molecule has 0 atom stereocenters. The first-order valence-electron chi connectivity index (χ1n) is 10.1. The van der Waals surface area contributed by atoms with E-state index in [1.165, 1.54) is 6.42 Å². The maximum atomic E-state index is 12.7. The first kappa shape index (κ1) is 18.9. The molecule has 29 heavy (non-hydrogen) atoms. The molecule has 0 unspecified atom stereocenters. The fourth-order valence-corrected chi connectivity index (χ4v) is 3.66. The first-order valence-corrected chi connectivity index (χ1v) is 10.1. The first-order chi connectivity index (χ1) is 14.2. The number of piperidine rings is 1. The third-order valence-corrected chi connectivity index (χ3v) is 5.26. The predicted molar refractivity (Wildman–Crippen MR) is 116 cm³/mol. The number of likely N-dealkylation sites (tertiary alicyclic amines) is 1. The average Bonchev–Trinajstić information content (AvgIpc) is 2.80. The summed E-state index contributed by atoms with van der Waals surface area (Å²) in [4.78, 5) is 27.2. The summed E-state index contributed by atoms with van der Waals surface area (Å²) in [6, 6.07) is 24.8. The molecule has 146 valence electrons. The second kappa shape index (κ2) is 8.74. The largest absolute Gasteiger partial charge is 0.339 e. The van der Waals surface area contributed by atoms with Gasteiger partial charge in [0.25, 0.3) is 11.8 Å². The molecule has 0 aromatic heterocycles. The van der Waals surface area contributed by atoms with Gasteiger partial charge in [-0.25, -0.2) is 0 Å². The van der Waals surface area contributed by atoms with Crippen molar-refractivity contribution in [1.82, 2.24) is 4.90 Å². The van der Waals surface area contributed by atoms with Crippen LogP contribution in [0, 0.1) is 0 Å². The van der Waals surface area contributed by atoms with Crippen molar-refractivity contribution in [3.05, 3.63) is 90.0 Å². The van der Waals surface area contributed by atoms with Gasteiger partial charge in [-0.3, -0.25) is 9.59 Å². The number of hydrogen-bond donors (Lipinski definition) is 1. The molecule has 1 fully saturated rings. The van der Waals surface area contributed by atoms with Crippen LogP contribution in [-0.2, 0) is 0 Å². The van der Waals surface area contributed by atoms with E-state index in [0.717, 1.165) is 37.1 Å². The summed E-state index contributed by atoms with van der Waals surface area (Å²) in [5, 5.41) is 2.91. The SMILES string of the molecule is O=C(Nc1cccc(C(=O)N2CCCCC2)c1)c1ccc(-c2ccccc2)cc1. The van der Waals surface area contributed by atoms with Gasteiger partial charge in [0.2, 0.25) is 0 Å². The van der Waals surface area contributed by atoms with E-state index >= 15 is 0 Å². The van der Waals surface area contributed by atoms with E-state index in [2.05, 4.69) is 5.32 Å². The minimum Gasteiger partial charge on any atom is -0.339 e. The second-order valence-electron chi connectivity index (χ2n) is 7.33. The van der Waals surface area contributed by atoms with Crippen LogP contribution in [0.15, 0.2) is 78.9 Å². The molecule has 4 heteroatoms. The molecule has 1 heterocycles. The molecule has 4 nitrogen and oxygen atoms in total. The van der Waals surface area contributed by atoms with E-state index < -0.39 is 0 Å². The van der Waals surface area contributed by atoms with Gasteiger partial charge in [0.15, 0.2) is 0 Å². The summed E-state index contributed by atoms with van der Waals surface area (Å²) < 4.78 is 0. The number of carbonyl (C=O) groups is 2. The zero-order valence-corrected chi connectivity index (χ0v) is 16.3. The molecule has 1 aliphatic rings. The number of rotatable bonds is 4. The third kappa shape index (κ3) is 4.54. The van der Waals surface area contributed by atoms with Crippen LogP contribution in [0.5, 0.6) is 0 Å². The van der Waals surface area contributed by atoms with Crippen LogP contribution < -0.4 is 5.32 Å². The van der Waals surface area contributed by atoms with Crippen molar-refractivity contribution >= 4 is 17.5 Å². The fraction of sp³-hybridized carbons (Fsp3) is 0.200. The van der Waals surface area contributed by atoms with Crippen molar-refractivity contribution in [1.29, 1.82) is 0 Å². The lowest BCUT2D eigenvalue weighted by atomic mass is 10.0. The lowest BCUT2D eigenvalue weighted by molar-refractivity contribution is 0.0724. The van der Waals surface area contributed by atoms with Crippen LogP contribution in [0.2, 0.25) is 0 Å². The molecule has 0 aliphatic carbocycles. The number of carbonyl (C=O) groups excluding carboxylic acids is 2. The lowest BCUT2D eigenvalue weighted by Gasteiger charge is -2.26. The van der Waals surface area contributed by atoms with Crippen LogP contribution in [0.4, 0.5) is 5.69 Å². The summed E-state index contributed by atoms with van der Waals surface area (Å²) >= 11 is 0. The predicted octanol–water partition coefficient (Wildman–Crippen LogP) is 5.23. The van der Waals surface area contributed by atoms with E-state index in [9.17, 15) is 9.59 Å². The van der Waals surface area contributed by atoms with Crippen LogP contribution in [0.1, 0.15) is 40.0 Å². The highest BCUT2D eigenvalue weighted by Crippen LogP contribution is 2.20. The Hall–Kier alpha value is -3.40. The quantitative estimate of drug-likeness (QED) is 0.669. The Bertz CT molecular complexity index is 991. The molecule has 0 radical (unpaired) electrons. The van der Waals surface area contributed by atoms with Gasteiger partial charge in [0, 0.05) is 29.9 Å². The molecule has 1 N–H and O–H groups in total. The number of nitrogens with zero attached hydrogens (tertiary/aromatic N) is 1. The molecule has 1 saturated heterocycles. The van der Waals surface area contributed by atoms with E-state index in [1.807, 2.05) is 71.6 Å². The Labute approximate surface area is 171 Å². The van der Waals surface area contributed by atoms with Crippen LogP contribution in [-0.4, -0.2) is 29.8 Å². The summed E-state index contributed by atoms with van der Waals surface area (Å²) in [6.45, 7) is 1.62. The summed E-state index contributed by atoms with van der Waals surface area (Å²) in [5.74, 6) is -0.153. The van der Waals surface area contributed by atoms with Gasteiger partial charge >= 0.3 is 0 Å². The molecule has 1 aliphatic heterocycles. The minimum atomic E-state index is -0.188. The molecule has 3 aromatic carbocycles. The highest BCUT2D eigenvalue weighted by molar-refractivity contribution is 6.05. The smallest absolute Gasteiger partial charge is 0.255 e. The highest BCUT2D eigenvalue weighted by Gasteiger charge is 2.18. The number of nitrogens with one attached hydrogen (secondary N) is 1. The van der Waals surface area contributed by atoms with Crippen LogP contribution in [0.25, 0.3) is 11.1 Å². The zero-order valence-electron chi connectivity index (χ0n) is 16.3. The van der Waals surface area contributed by atoms with E-state index in [-0.39, 0.29) is 11.8 Å². The van der Waals surface area contributed by atoms with Crippen LogP contribution in [0.3, 0.4) is 0 Å². The molecule has 3 aromatic rings. The van der Waals surface area contributed by atoms with E-state index in [1.54, 1.807) is 12.1 Å². The maximum Gasteiger partial charge on any atom is 0.255 e. The molecule has 2 amide bonds. The number of anilines is 1. The molecular weight excluding hydrogens is 360 g/mol. The Kier molecular flexibility index (Phi) is 5.71. The molecule has 0 spiro atoms. The van der Waals surface area contributed by atoms with E-state index in [0.29, 0.717) is 16.8 Å². The lowest BCUT2D eigenvalue weighted by Crippen LogP contribution is -2.35. The van der Waals surface area contributed by atoms with Gasteiger partial charge in [-0.05, 0) is 60.7 Å². The Morgan fingerprint density at radius 1 is 0.690 bits per heavy atom. The number of benzene rings is 3. The normalized spacial score (nSPS) is 13.7. The van der Waals surface area contributed by atoms with Crippen molar-refractivity contribution in [3.63, 3.8) is 0 Å². The van der Waals surface area contributed by atoms with Gasteiger partial charge in [0.1, 0.15) is 0 Å². The average molecular weight is 384 g/mol. The van der Waals surface area contributed by atoms with Gasteiger partial charge < -0.3 is 10.2 Å². The van der Waals surface area contributed by atoms with Crippen molar-refractivity contribution in [2.24, 2.45) is 0 Å². The van der Waals surface area contributed by atoms with E-state index in [4.69, 9.17) is 0 Å². The van der Waals surface area contributed by atoms with Gasteiger partial charge in [0.05, 0.1) is 0 Å². The van der Waals surface area contributed by atoms with Crippen molar-refractivity contribution in [2.45, 2.75) is 19.3 Å². The zero-order chi connectivity index (χ0) is 20.1.